The molecule has 0 radical (unpaired) electrons. The molecule has 7 nitrogen and oxygen atoms in total. The van der Waals surface area contributed by atoms with E-state index in [2.05, 4.69) is 16.1 Å². The summed E-state index contributed by atoms with van der Waals surface area (Å²) in [4.78, 5) is 23.6. The van der Waals surface area contributed by atoms with Gasteiger partial charge in [0.2, 0.25) is 5.95 Å². The maximum atomic E-state index is 12.8. The Kier molecular flexibility index (Phi) is 4.45. The molecule has 4 heterocycles. The Morgan fingerprint density at radius 1 is 1.07 bits per heavy atom. The number of thiophene rings is 1. The van der Waals surface area contributed by atoms with E-state index in [-0.39, 0.29) is 5.56 Å². The van der Waals surface area contributed by atoms with Crippen LogP contribution in [0.25, 0.3) is 16.7 Å². The van der Waals surface area contributed by atoms with Crippen LogP contribution in [0, 0.1) is 0 Å². The molecule has 0 aliphatic carbocycles. The number of nitrogens with zero attached hydrogens (tertiary/aromatic N) is 4. The van der Waals surface area contributed by atoms with Crippen LogP contribution in [-0.2, 0) is 13.1 Å². The number of aromatic amines is 1. The second kappa shape index (κ2) is 7.40. The SMILES string of the molecule is O=c1[nH]c(N(Cc2ccco2)Cc2cccs2)nc2c1cnn2-c1ccccc1. The first-order valence-corrected chi connectivity index (χ1v) is 9.99. The van der Waals surface area contributed by atoms with E-state index in [1.54, 1.807) is 28.5 Å². The number of anilines is 1. The molecule has 0 fully saturated rings. The zero-order valence-electron chi connectivity index (χ0n) is 15.4. The monoisotopic (exact) mass is 403 g/mol. The lowest BCUT2D eigenvalue weighted by Crippen LogP contribution is -2.26. The molecular weight excluding hydrogens is 386 g/mol. The third-order valence-electron chi connectivity index (χ3n) is 4.58. The van der Waals surface area contributed by atoms with Gasteiger partial charge in [0.1, 0.15) is 11.1 Å². The smallest absolute Gasteiger partial charge is 0.263 e. The van der Waals surface area contributed by atoms with Crippen molar-refractivity contribution in [2.24, 2.45) is 0 Å². The minimum absolute atomic E-state index is 0.220. The van der Waals surface area contributed by atoms with Gasteiger partial charge in [-0.3, -0.25) is 9.78 Å². The molecule has 1 aromatic carbocycles. The largest absolute Gasteiger partial charge is 0.467 e. The minimum atomic E-state index is -0.220. The molecule has 0 amide bonds. The fraction of sp³-hybridized carbons (Fsp3) is 0.0952. The maximum Gasteiger partial charge on any atom is 0.263 e. The van der Waals surface area contributed by atoms with E-state index >= 15 is 0 Å². The molecule has 5 rings (SSSR count). The Bertz CT molecular complexity index is 1240. The summed E-state index contributed by atoms with van der Waals surface area (Å²) in [6.07, 6.45) is 3.19. The Balaban J connectivity index is 1.61. The van der Waals surface area contributed by atoms with Gasteiger partial charge >= 0.3 is 0 Å². The summed E-state index contributed by atoms with van der Waals surface area (Å²) < 4.78 is 7.21. The van der Waals surface area contributed by atoms with E-state index in [0.29, 0.717) is 30.1 Å². The van der Waals surface area contributed by atoms with Gasteiger partial charge in [-0.15, -0.1) is 11.3 Å². The van der Waals surface area contributed by atoms with Crippen LogP contribution in [0.5, 0.6) is 0 Å². The first kappa shape index (κ1) is 17.4. The Hall–Kier alpha value is -3.65. The second-order valence-electron chi connectivity index (χ2n) is 6.53. The summed E-state index contributed by atoms with van der Waals surface area (Å²) in [6.45, 7) is 1.09. The van der Waals surface area contributed by atoms with Crippen molar-refractivity contribution in [1.82, 2.24) is 19.7 Å². The molecule has 4 aromatic heterocycles. The predicted octanol–water partition coefficient (Wildman–Crippen LogP) is 3.97. The summed E-state index contributed by atoms with van der Waals surface area (Å²) >= 11 is 1.66. The molecular formula is C21H17N5O2S. The van der Waals surface area contributed by atoms with Gasteiger partial charge in [-0.05, 0) is 35.7 Å². The van der Waals surface area contributed by atoms with E-state index in [9.17, 15) is 4.79 Å². The number of furan rings is 1. The lowest BCUT2D eigenvalue weighted by Gasteiger charge is -2.21. The normalized spacial score (nSPS) is 11.2. The van der Waals surface area contributed by atoms with E-state index < -0.39 is 0 Å². The maximum absolute atomic E-state index is 12.8. The topological polar surface area (TPSA) is 80.0 Å². The van der Waals surface area contributed by atoms with Gasteiger partial charge in [-0.1, -0.05) is 24.3 Å². The van der Waals surface area contributed by atoms with Crippen molar-refractivity contribution in [3.8, 4) is 5.69 Å². The fourth-order valence-corrected chi connectivity index (χ4v) is 3.92. The standard InChI is InChI=1S/C21H17N5O2S/c27-20-18-12-22-26(15-6-2-1-3-7-15)19(18)23-21(24-20)25(13-16-8-4-10-28-16)14-17-9-5-11-29-17/h1-12H,13-14H2,(H,23,24,27). The number of para-hydroxylation sites is 1. The van der Waals surface area contributed by atoms with Gasteiger partial charge in [-0.2, -0.15) is 10.1 Å². The van der Waals surface area contributed by atoms with Gasteiger partial charge < -0.3 is 9.32 Å². The summed E-state index contributed by atoms with van der Waals surface area (Å²) in [6, 6.07) is 17.5. The zero-order valence-corrected chi connectivity index (χ0v) is 16.2. The average Bonchev–Trinajstić information content (AvgIpc) is 3.50. The van der Waals surface area contributed by atoms with E-state index in [4.69, 9.17) is 9.40 Å². The summed E-state index contributed by atoms with van der Waals surface area (Å²) in [5.41, 5.74) is 1.15. The Morgan fingerprint density at radius 2 is 1.97 bits per heavy atom. The highest BCUT2D eigenvalue weighted by Gasteiger charge is 2.17. The molecule has 0 saturated carbocycles. The second-order valence-corrected chi connectivity index (χ2v) is 7.57. The van der Waals surface area contributed by atoms with Crippen molar-refractivity contribution < 1.29 is 4.42 Å². The highest BCUT2D eigenvalue weighted by Crippen LogP contribution is 2.21. The van der Waals surface area contributed by atoms with Crippen LogP contribution in [-0.4, -0.2) is 19.7 Å². The number of rotatable bonds is 6. The van der Waals surface area contributed by atoms with E-state index in [0.717, 1.165) is 16.3 Å². The number of hydrogen-bond donors (Lipinski definition) is 1. The van der Waals surface area contributed by atoms with Gasteiger partial charge in [0.05, 0.1) is 31.2 Å². The molecule has 0 aliphatic heterocycles. The van der Waals surface area contributed by atoms with Crippen LogP contribution >= 0.6 is 11.3 Å². The molecule has 1 N–H and O–H groups in total. The lowest BCUT2D eigenvalue weighted by molar-refractivity contribution is 0.500. The van der Waals surface area contributed by atoms with Crippen LogP contribution in [0.3, 0.4) is 0 Å². The Morgan fingerprint density at radius 3 is 2.72 bits per heavy atom. The van der Waals surface area contributed by atoms with Crippen molar-refractivity contribution in [2.75, 3.05) is 4.90 Å². The third kappa shape index (κ3) is 3.45. The molecule has 0 spiro atoms. The Labute approximate surface area is 169 Å². The quantitative estimate of drug-likeness (QED) is 0.464. The fourth-order valence-electron chi connectivity index (χ4n) is 3.20. The number of fused-ring (bicyclic) bond motifs is 1. The molecule has 0 saturated heterocycles. The first-order valence-electron chi connectivity index (χ1n) is 9.11. The number of aromatic nitrogens is 4. The van der Waals surface area contributed by atoms with Crippen molar-refractivity contribution >= 4 is 28.3 Å². The zero-order chi connectivity index (χ0) is 19.6. The van der Waals surface area contributed by atoms with Gasteiger partial charge in [0.15, 0.2) is 5.65 Å². The molecule has 144 valence electrons. The summed E-state index contributed by atoms with van der Waals surface area (Å²) in [5, 5.41) is 6.86. The predicted molar refractivity (Wildman–Crippen MR) is 112 cm³/mol. The minimum Gasteiger partial charge on any atom is -0.467 e. The van der Waals surface area contributed by atoms with Crippen molar-refractivity contribution in [3.63, 3.8) is 0 Å². The highest BCUT2D eigenvalue weighted by molar-refractivity contribution is 7.09. The highest BCUT2D eigenvalue weighted by atomic mass is 32.1. The number of H-pyrrole nitrogens is 1. The summed E-state index contributed by atoms with van der Waals surface area (Å²) in [5.74, 6) is 1.27. The van der Waals surface area contributed by atoms with E-state index in [1.165, 1.54) is 0 Å². The number of benzene rings is 1. The first-order chi connectivity index (χ1) is 14.3. The number of hydrogen-bond acceptors (Lipinski definition) is 6. The van der Waals surface area contributed by atoms with Crippen LogP contribution in [0.1, 0.15) is 10.6 Å². The third-order valence-corrected chi connectivity index (χ3v) is 5.44. The van der Waals surface area contributed by atoms with Crippen molar-refractivity contribution in [3.05, 3.63) is 93.4 Å². The van der Waals surface area contributed by atoms with Crippen molar-refractivity contribution in [1.29, 1.82) is 0 Å². The van der Waals surface area contributed by atoms with Crippen LogP contribution in [0.2, 0.25) is 0 Å². The van der Waals surface area contributed by atoms with Crippen LogP contribution in [0.15, 0.2) is 81.6 Å². The van der Waals surface area contributed by atoms with E-state index in [1.807, 2.05) is 58.8 Å². The molecule has 5 aromatic rings. The molecule has 0 bridgehead atoms. The summed E-state index contributed by atoms with van der Waals surface area (Å²) in [7, 11) is 0. The van der Waals surface area contributed by atoms with Gasteiger partial charge in [-0.25, -0.2) is 4.68 Å². The molecule has 0 atom stereocenters. The molecule has 0 unspecified atom stereocenters. The van der Waals surface area contributed by atoms with Crippen molar-refractivity contribution in [2.45, 2.75) is 13.1 Å². The van der Waals surface area contributed by atoms with Crippen LogP contribution < -0.4 is 10.5 Å². The number of nitrogens with one attached hydrogen (secondary N) is 1. The van der Waals surface area contributed by atoms with Crippen LogP contribution in [0.4, 0.5) is 5.95 Å². The van der Waals surface area contributed by atoms with Gasteiger partial charge in [0, 0.05) is 4.88 Å². The average molecular weight is 403 g/mol. The van der Waals surface area contributed by atoms with Gasteiger partial charge in [0.25, 0.3) is 5.56 Å². The molecule has 0 aliphatic rings. The lowest BCUT2D eigenvalue weighted by atomic mass is 10.3. The molecule has 29 heavy (non-hydrogen) atoms. The molecule has 8 heteroatoms.